The normalized spacial score (nSPS) is 24.3. The molecule has 8 heteroatoms. The van der Waals surface area contributed by atoms with Crippen molar-refractivity contribution in [3.63, 3.8) is 0 Å². The first-order chi connectivity index (χ1) is 11.5. The SMILES string of the molecule is CCNC(=NCCCN1CCCC1C(=O)N(C)C)N1CC[C@@H](O)C1.I. The Balaban J connectivity index is 0.00000312. The quantitative estimate of drug-likeness (QED) is 0.259. The lowest BCUT2D eigenvalue weighted by Crippen LogP contribution is -2.43. The fraction of sp³-hybridized carbons (Fsp3) is 0.882. The number of aliphatic hydroxyl groups excluding tert-OH is 1. The molecule has 0 aromatic rings. The Bertz CT molecular complexity index is 447. The highest BCUT2D eigenvalue weighted by Gasteiger charge is 2.31. The molecule has 25 heavy (non-hydrogen) atoms. The van der Waals surface area contributed by atoms with E-state index in [4.69, 9.17) is 4.99 Å². The first kappa shape index (κ1) is 22.4. The molecule has 2 aliphatic rings. The summed E-state index contributed by atoms with van der Waals surface area (Å²) in [5, 5.41) is 13.0. The van der Waals surface area contributed by atoms with Crippen LogP contribution in [0.3, 0.4) is 0 Å². The van der Waals surface area contributed by atoms with Crippen molar-refractivity contribution >= 4 is 35.8 Å². The largest absolute Gasteiger partial charge is 0.391 e. The van der Waals surface area contributed by atoms with Crippen molar-refractivity contribution in [1.82, 2.24) is 20.0 Å². The van der Waals surface area contributed by atoms with Gasteiger partial charge in [-0.15, -0.1) is 24.0 Å². The number of β-amino-alcohol motifs (C(OH)–C–C–N with tert-alkyl or cyclic N) is 1. The number of hydrogen-bond acceptors (Lipinski definition) is 4. The van der Waals surface area contributed by atoms with Gasteiger partial charge in [0.15, 0.2) is 5.96 Å². The number of amides is 1. The Hall–Kier alpha value is -0.610. The van der Waals surface area contributed by atoms with Crippen molar-refractivity contribution in [3.8, 4) is 0 Å². The van der Waals surface area contributed by atoms with E-state index in [1.807, 2.05) is 14.1 Å². The number of halogens is 1. The number of carbonyl (C=O) groups excluding carboxylic acids is 1. The van der Waals surface area contributed by atoms with Gasteiger partial charge in [-0.2, -0.15) is 0 Å². The van der Waals surface area contributed by atoms with Gasteiger partial charge in [0.1, 0.15) is 0 Å². The van der Waals surface area contributed by atoms with Crippen molar-refractivity contribution < 1.29 is 9.90 Å². The zero-order valence-corrected chi connectivity index (χ0v) is 18.1. The standard InChI is InChI=1S/C17H33N5O2.HI/c1-4-18-17(22-12-8-14(23)13-22)19-9-6-11-21-10-5-7-15(21)16(24)20(2)3;/h14-15,23H,4-13H2,1-3H3,(H,18,19);1H/t14-,15?;/m1./s1. The minimum absolute atomic E-state index is 0. The van der Waals surface area contributed by atoms with E-state index in [1.54, 1.807) is 4.90 Å². The average molecular weight is 467 g/mol. The predicted molar refractivity (Wildman–Crippen MR) is 111 cm³/mol. The second-order valence-corrected chi connectivity index (χ2v) is 6.90. The third-order valence-corrected chi connectivity index (χ3v) is 4.75. The number of guanidine groups is 1. The van der Waals surface area contributed by atoms with Crippen LogP contribution in [0.4, 0.5) is 0 Å². The lowest BCUT2D eigenvalue weighted by Gasteiger charge is -2.26. The van der Waals surface area contributed by atoms with Gasteiger partial charge in [-0.1, -0.05) is 0 Å². The van der Waals surface area contributed by atoms with Crippen LogP contribution >= 0.6 is 24.0 Å². The van der Waals surface area contributed by atoms with E-state index in [9.17, 15) is 9.90 Å². The van der Waals surface area contributed by atoms with Gasteiger partial charge in [0.25, 0.3) is 0 Å². The van der Waals surface area contributed by atoms with Crippen LogP contribution in [0.2, 0.25) is 0 Å². The summed E-state index contributed by atoms with van der Waals surface area (Å²) in [4.78, 5) is 23.0. The van der Waals surface area contributed by atoms with Crippen LogP contribution in [0, 0.1) is 0 Å². The van der Waals surface area contributed by atoms with Gasteiger partial charge >= 0.3 is 0 Å². The second kappa shape index (κ2) is 11.2. The summed E-state index contributed by atoms with van der Waals surface area (Å²) in [5.74, 6) is 1.12. The van der Waals surface area contributed by atoms with Crippen molar-refractivity contribution in [2.24, 2.45) is 4.99 Å². The molecule has 0 aromatic heterocycles. The van der Waals surface area contributed by atoms with Gasteiger partial charge in [-0.05, 0) is 39.2 Å². The highest BCUT2D eigenvalue weighted by Crippen LogP contribution is 2.18. The molecule has 0 spiro atoms. The number of likely N-dealkylation sites (tertiary alicyclic amines) is 2. The maximum Gasteiger partial charge on any atom is 0.239 e. The molecule has 0 aliphatic carbocycles. The minimum atomic E-state index is -0.240. The van der Waals surface area contributed by atoms with Gasteiger partial charge in [-0.3, -0.25) is 14.7 Å². The lowest BCUT2D eigenvalue weighted by atomic mass is 10.2. The number of aliphatic hydroxyl groups is 1. The summed E-state index contributed by atoms with van der Waals surface area (Å²) in [6.45, 7) is 7.08. The summed E-state index contributed by atoms with van der Waals surface area (Å²) < 4.78 is 0. The summed E-state index contributed by atoms with van der Waals surface area (Å²) >= 11 is 0. The second-order valence-electron chi connectivity index (χ2n) is 6.90. The van der Waals surface area contributed by atoms with E-state index in [0.29, 0.717) is 6.54 Å². The molecule has 2 aliphatic heterocycles. The number of nitrogens with zero attached hydrogens (tertiary/aromatic N) is 4. The van der Waals surface area contributed by atoms with Crippen LogP contribution in [0.25, 0.3) is 0 Å². The summed E-state index contributed by atoms with van der Waals surface area (Å²) in [5.41, 5.74) is 0. The number of likely N-dealkylation sites (N-methyl/N-ethyl adjacent to an activating group) is 1. The fourth-order valence-corrected chi connectivity index (χ4v) is 3.49. The lowest BCUT2D eigenvalue weighted by molar-refractivity contribution is -0.133. The molecule has 2 rings (SSSR count). The molecule has 0 saturated carbocycles. The molecule has 1 unspecified atom stereocenters. The Morgan fingerprint density at radius 1 is 1.32 bits per heavy atom. The van der Waals surface area contributed by atoms with Crippen molar-refractivity contribution in [3.05, 3.63) is 0 Å². The van der Waals surface area contributed by atoms with Crippen LogP contribution < -0.4 is 5.32 Å². The van der Waals surface area contributed by atoms with E-state index >= 15 is 0 Å². The van der Waals surface area contributed by atoms with E-state index in [0.717, 1.165) is 64.4 Å². The molecule has 0 radical (unpaired) electrons. The van der Waals surface area contributed by atoms with Crippen molar-refractivity contribution in [2.75, 3.05) is 53.4 Å². The molecule has 146 valence electrons. The summed E-state index contributed by atoms with van der Waals surface area (Å²) in [6, 6.07) is 0.0472. The van der Waals surface area contributed by atoms with Gasteiger partial charge in [0.05, 0.1) is 12.1 Å². The van der Waals surface area contributed by atoms with E-state index in [-0.39, 0.29) is 42.0 Å². The average Bonchev–Trinajstić information content (AvgIpc) is 3.18. The van der Waals surface area contributed by atoms with Gasteiger partial charge in [0, 0.05) is 46.8 Å². The highest BCUT2D eigenvalue weighted by atomic mass is 127. The zero-order chi connectivity index (χ0) is 17.5. The monoisotopic (exact) mass is 467 g/mol. The van der Waals surface area contributed by atoms with E-state index < -0.39 is 0 Å². The topological polar surface area (TPSA) is 71.4 Å². The molecule has 0 aromatic carbocycles. The minimum Gasteiger partial charge on any atom is -0.391 e. The Morgan fingerprint density at radius 3 is 2.68 bits per heavy atom. The Morgan fingerprint density at radius 2 is 2.08 bits per heavy atom. The van der Waals surface area contributed by atoms with E-state index in [1.165, 1.54) is 0 Å². The van der Waals surface area contributed by atoms with Crippen molar-refractivity contribution in [2.45, 2.75) is 44.8 Å². The maximum absolute atomic E-state index is 12.2. The third-order valence-electron chi connectivity index (χ3n) is 4.75. The molecule has 2 fully saturated rings. The zero-order valence-electron chi connectivity index (χ0n) is 15.8. The van der Waals surface area contributed by atoms with Crippen LogP contribution in [0.5, 0.6) is 0 Å². The number of rotatable bonds is 6. The van der Waals surface area contributed by atoms with Crippen LogP contribution in [0.1, 0.15) is 32.6 Å². The van der Waals surface area contributed by atoms with Crippen LogP contribution in [-0.4, -0.2) is 97.2 Å². The number of carbonyl (C=O) groups is 1. The molecular weight excluding hydrogens is 433 g/mol. The van der Waals surface area contributed by atoms with Gasteiger partial charge < -0.3 is 20.2 Å². The number of nitrogens with one attached hydrogen (secondary N) is 1. The molecule has 0 bridgehead atoms. The molecule has 7 nitrogen and oxygen atoms in total. The molecule has 2 N–H and O–H groups in total. The van der Waals surface area contributed by atoms with Gasteiger partial charge in [-0.25, -0.2) is 0 Å². The summed E-state index contributed by atoms with van der Waals surface area (Å²) in [7, 11) is 3.66. The highest BCUT2D eigenvalue weighted by molar-refractivity contribution is 14.0. The first-order valence-corrected chi connectivity index (χ1v) is 9.19. The van der Waals surface area contributed by atoms with Crippen molar-refractivity contribution in [1.29, 1.82) is 0 Å². The summed E-state index contributed by atoms with van der Waals surface area (Å²) in [6.07, 6.45) is 3.59. The molecule has 1 amide bonds. The van der Waals surface area contributed by atoms with E-state index in [2.05, 4.69) is 22.0 Å². The predicted octanol–water partition coefficient (Wildman–Crippen LogP) is 0.579. The molecular formula is C17H34IN5O2. The Kier molecular flexibility index (Phi) is 10.0. The maximum atomic E-state index is 12.2. The van der Waals surface area contributed by atoms with Crippen LogP contribution in [-0.2, 0) is 4.79 Å². The Labute approximate surface area is 168 Å². The third kappa shape index (κ3) is 6.56. The first-order valence-electron chi connectivity index (χ1n) is 9.19. The number of hydrogen-bond donors (Lipinski definition) is 2. The molecule has 2 heterocycles. The van der Waals surface area contributed by atoms with Crippen LogP contribution in [0.15, 0.2) is 4.99 Å². The molecule has 2 atom stereocenters. The smallest absolute Gasteiger partial charge is 0.239 e. The number of aliphatic imine (C=N–C) groups is 1. The molecule has 2 saturated heterocycles. The van der Waals surface area contributed by atoms with Gasteiger partial charge in [0.2, 0.25) is 5.91 Å². The fourth-order valence-electron chi connectivity index (χ4n) is 3.49.